The number of carbonyl (C=O) groups is 2. The molecule has 0 aliphatic rings. The minimum absolute atomic E-state index is 0.00296. The Balaban J connectivity index is 0.891. The fourth-order valence-corrected chi connectivity index (χ4v) is 5.03. The maximum atomic E-state index is 12.5. The third-order valence-corrected chi connectivity index (χ3v) is 7.62. The van der Waals surface area contributed by atoms with Gasteiger partial charge in [0.15, 0.2) is 0 Å². The topological polar surface area (TPSA) is 234 Å². The summed E-state index contributed by atoms with van der Waals surface area (Å²) in [5.74, 6) is 1.87. The normalized spacial score (nSPS) is 10.9. The second-order valence-corrected chi connectivity index (χ2v) is 11.3. The number of ether oxygens (including phenoxy) is 2. The molecule has 0 atom stereocenters. The highest BCUT2D eigenvalue weighted by molar-refractivity contribution is 5.98. The van der Waals surface area contributed by atoms with E-state index >= 15 is 0 Å². The number of amidine groups is 2. The molecule has 0 spiro atoms. The van der Waals surface area contributed by atoms with E-state index in [2.05, 4.69) is 30.6 Å². The molecule has 0 saturated heterocycles. The van der Waals surface area contributed by atoms with Crippen LogP contribution in [0.4, 0.5) is 0 Å². The summed E-state index contributed by atoms with van der Waals surface area (Å²) in [6.07, 6.45) is 0.181. The Labute approximate surface area is 280 Å². The zero-order valence-corrected chi connectivity index (χ0v) is 26.3. The molecule has 2 aromatic heterocycles. The van der Waals surface area contributed by atoms with E-state index in [1.165, 1.54) is 0 Å². The van der Waals surface area contributed by atoms with E-state index in [-0.39, 0.29) is 43.1 Å². The minimum atomic E-state index is -0.179. The van der Waals surface area contributed by atoms with Crippen LogP contribution in [0.5, 0.6) is 11.5 Å². The van der Waals surface area contributed by atoms with Crippen LogP contribution < -0.4 is 31.6 Å². The van der Waals surface area contributed by atoms with Gasteiger partial charge in [-0.05, 0) is 71.8 Å². The van der Waals surface area contributed by atoms with Crippen LogP contribution in [-0.4, -0.2) is 50.2 Å². The van der Waals surface area contributed by atoms with Gasteiger partial charge in [-0.15, -0.1) is 0 Å². The molecule has 14 nitrogen and oxygen atoms in total. The number of nitrogens with one attached hydrogen (secondary N) is 6. The first-order valence-electron chi connectivity index (χ1n) is 15.3. The number of nitrogen functional groups attached to an aromatic ring is 2. The molecule has 2 amide bonds. The maximum absolute atomic E-state index is 12.5. The fourth-order valence-electron chi connectivity index (χ4n) is 5.03. The zero-order chi connectivity index (χ0) is 34.3. The lowest BCUT2D eigenvalue weighted by molar-refractivity contribution is -0.121. The summed E-state index contributed by atoms with van der Waals surface area (Å²) in [7, 11) is 0. The van der Waals surface area contributed by atoms with Crippen LogP contribution >= 0.6 is 0 Å². The molecule has 0 aliphatic carbocycles. The van der Waals surface area contributed by atoms with Crippen LogP contribution in [0.1, 0.15) is 33.9 Å². The van der Waals surface area contributed by atoms with Gasteiger partial charge in [-0.3, -0.25) is 20.4 Å². The molecule has 0 unspecified atom stereocenters. The van der Waals surface area contributed by atoms with Gasteiger partial charge in [-0.1, -0.05) is 24.3 Å². The minimum Gasteiger partial charge on any atom is -0.458 e. The quantitative estimate of drug-likeness (QED) is 0.0491. The highest BCUT2D eigenvalue weighted by Gasteiger charge is 2.11. The summed E-state index contributed by atoms with van der Waals surface area (Å²) >= 11 is 0. The first-order chi connectivity index (χ1) is 23.7. The molecule has 49 heavy (non-hydrogen) atoms. The first kappa shape index (κ1) is 32.2. The number of aromatic amines is 2. The molecular formula is C35H34N10O4. The Kier molecular flexibility index (Phi) is 9.46. The SMILES string of the molecule is N=C(N)c1ccc2nc(CC(=O)NCc3ccc(OCOc4ccc(CNC(=O)Cc5nc6ccc(C(=N)N)cc6[nH]5)cc4)cc3)[nH]c2c1. The number of H-pyrrole nitrogens is 2. The first-order valence-corrected chi connectivity index (χ1v) is 15.3. The van der Waals surface area contributed by atoms with Gasteiger partial charge in [-0.2, -0.15) is 0 Å². The van der Waals surface area contributed by atoms with Gasteiger partial charge in [0.2, 0.25) is 18.6 Å². The zero-order valence-electron chi connectivity index (χ0n) is 26.3. The third kappa shape index (κ3) is 8.37. The lowest BCUT2D eigenvalue weighted by atomic mass is 10.2. The van der Waals surface area contributed by atoms with Gasteiger partial charge in [0.25, 0.3) is 0 Å². The maximum Gasteiger partial charge on any atom is 0.230 e. The number of carbonyl (C=O) groups excluding carboxylic acids is 2. The Bertz CT molecular complexity index is 2000. The van der Waals surface area contributed by atoms with E-state index in [1.54, 1.807) is 60.7 Å². The Morgan fingerprint density at radius 2 is 1.04 bits per heavy atom. The fraction of sp³-hybridized carbons (Fsp3) is 0.143. The second-order valence-electron chi connectivity index (χ2n) is 11.3. The van der Waals surface area contributed by atoms with Crippen molar-refractivity contribution in [2.24, 2.45) is 11.5 Å². The monoisotopic (exact) mass is 658 g/mol. The molecule has 6 aromatic rings. The Morgan fingerprint density at radius 3 is 1.43 bits per heavy atom. The number of imidazole rings is 2. The summed E-state index contributed by atoms with van der Waals surface area (Å²) < 4.78 is 11.4. The number of hydrogen-bond acceptors (Lipinski definition) is 8. The third-order valence-electron chi connectivity index (χ3n) is 7.62. The van der Waals surface area contributed by atoms with E-state index in [9.17, 15) is 9.59 Å². The number of amides is 2. The van der Waals surface area contributed by atoms with Crippen LogP contribution in [0.2, 0.25) is 0 Å². The molecule has 14 heteroatoms. The van der Waals surface area contributed by atoms with Crippen LogP contribution in [0.3, 0.4) is 0 Å². The predicted molar refractivity (Wildman–Crippen MR) is 184 cm³/mol. The molecule has 4 aromatic carbocycles. The number of aromatic nitrogens is 4. The Hall–Kier alpha value is -6.70. The summed E-state index contributed by atoms with van der Waals surface area (Å²) in [5.41, 5.74) is 16.9. The van der Waals surface area contributed by atoms with Gasteiger partial charge in [0, 0.05) is 24.2 Å². The van der Waals surface area contributed by atoms with Gasteiger partial charge >= 0.3 is 0 Å². The van der Waals surface area contributed by atoms with Crippen molar-refractivity contribution in [2.45, 2.75) is 25.9 Å². The standard InChI is InChI=1S/C35H34N10O4/c36-34(37)22-5-11-26-28(13-22)44-30(42-26)15-32(46)40-17-20-1-7-24(8-2-20)48-19-49-25-9-3-21(4-10-25)18-41-33(47)16-31-43-27-12-6-23(35(38)39)14-29(27)45-31/h1-14H,15-19H2,(H3,36,37)(H3,38,39)(H,40,46)(H,41,47)(H,42,44)(H,43,45). The summed E-state index contributed by atoms with van der Waals surface area (Å²) in [5, 5.41) is 20.9. The molecule has 0 bridgehead atoms. The van der Waals surface area contributed by atoms with E-state index in [0.717, 1.165) is 22.2 Å². The molecule has 10 N–H and O–H groups in total. The van der Waals surface area contributed by atoms with Gasteiger partial charge < -0.3 is 41.5 Å². The summed E-state index contributed by atoms with van der Waals surface area (Å²) in [4.78, 5) is 40.1. The number of nitrogens with zero attached hydrogens (tertiary/aromatic N) is 2. The average Bonchev–Trinajstić information content (AvgIpc) is 3.69. The van der Waals surface area contributed by atoms with Gasteiger partial charge in [-0.25, -0.2) is 9.97 Å². The second kappa shape index (κ2) is 14.4. The molecule has 0 aliphatic heterocycles. The van der Waals surface area contributed by atoms with Gasteiger partial charge in [0.05, 0.1) is 34.9 Å². The van der Waals surface area contributed by atoms with Crippen molar-refractivity contribution >= 4 is 45.6 Å². The summed E-state index contributed by atoms with van der Waals surface area (Å²) in [6.45, 7) is 0.697. The number of hydrogen-bond donors (Lipinski definition) is 8. The van der Waals surface area contributed by atoms with E-state index < -0.39 is 0 Å². The number of benzene rings is 4. The van der Waals surface area contributed by atoms with Crippen molar-refractivity contribution in [1.29, 1.82) is 10.8 Å². The number of nitrogens with two attached hydrogens (primary N) is 2. The smallest absolute Gasteiger partial charge is 0.230 e. The van der Waals surface area contributed by atoms with Crippen LogP contribution in [-0.2, 0) is 35.5 Å². The lowest BCUT2D eigenvalue weighted by Gasteiger charge is -2.10. The number of fused-ring (bicyclic) bond motifs is 2. The molecule has 0 radical (unpaired) electrons. The van der Waals surface area contributed by atoms with E-state index in [4.69, 9.17) is 31.8 Å². The van der Waals surface area contributed by atoms with Crippen LogP contribution in [0, 0.1) is 10.8 Å². The van der Waals surface area contributed by atoms with Crippen molar-refractivity contribution in [3.8, 4) is 11.5 Å². The highest BCUT2D eigenvalue weighted by Crippen LogP contribution is 2.17. The average molecular weight is 659 g/mol. The largest absolute Gasteiger partial charge is 0.458 e. The van der Waals surface area contributed by atoms with Crippen molar-refractivity contribution < 1.29 is 19.1 Å². The highest BCUT2D eigenvalue weighted by atomic mass is 16.7. The van der Waals surface area contributed by atoms with E-state index in [1.807, 2.05) is 24.3 Å². The van der Waals surface area contributed by atoms with Crippen molar-refractivity contribution in [3.05, 3.63) is 119 Å². The predicted octanol–water partition coefficient (Wildman–Crippen LogP) is 3.14. The molecule has 0 saturated carbocycles. The van der Waals surface area contributed by atoms with Crippen LogP contribution in [0.15, 0.2) is 84.9 Å². The molecule has 6 rings (SSSR count). The molecule has 248 valence electrons. The van der Waals surface area contributed by atoms with Crippen molar-refractivity contribution in [1.82, 2.24) is 30.6 Å². The van der Waals surface area contributed by atoms with E-state index in [0.29, 0.717) is 58.4 Å². The summed E-state index contributed by atoms with van der Waals surface area (Å²) in [6, 6.07) is 25.1. The van der Waals surface area contributed by atoms with Crippen molar-refractivity contribution in [2.75, 3.05) is 6.79 Å². The number of rotatable bonds is 14. The lowest BCUT2D eigenvalue weighted by Crippen LogP contribution is -2.25. The molecule has 2 heterocycles. The molecule has 0 fully saturated rings. The molecular weight excluding hydrogens is 624 g/mol. The van der Waals surface area contributed by atoms with Crippen molar-refractivity contribution in [3.63, 3.8) is 0 Å². The van der Waals surface area contributed by atoms with Crippen LogP contribution in [0.25, 0.3) is 22.1 Å². The Morgan fingerprint density at radius 1 is 0.633 bits per heavy atom. The van der Waals surface area contributed by atoms with Gasteiger partial charge in [0.1, 0.15) is 34.8 Å².